The molecule has 2 N–H and O–H groups in total. The number of aromatic nitrogens is 2. The Hall–Kier alpha value is -0.390. The molecule has 0 spiro atoms. The summed E-state index contributed by atoms with van der Waals surface area (Å²) < 4.78 is 2.63. The van der Waals surface area contributed by atoms with Gasteiger partial charge in [0.1, 0.15) is 4.60 Å². The minimum absolute atomic E-state index is 0.590. The number of aryl methyl sites for hydroxylation is 1. The highest BCUT2D eigenvalue weighted by atomic mass is 79.9. The van der Waals surface area contributed by atoms with Crippen LogP contribution in [0.5, 0.6) is 0 Å². The number of halogens is 1. The molecule has 0 radical (unpaired) electrons. The van der Waals surface area contributed by atoms with E-state index in [0.29, 0.717) is 13.0 Å². The summed E-state index contributed by atoms with van der Waals surface area (Å²) in [6.45, 7) is 1.57. The summed E-state index contributed by atoms with van der Waals surface area (Å²) in [6.07, 6.45) is 1.48. The molecule has 78 valence electrons. The zero-order valence-electron chi connectivity index (χ0n) is 8.13. The van der Waals surface area contributed by atoms with Crippen LogP contribution in [0.4, 0.5) is 0 Å². The predicted molar refractivity (Wildman–Crippen MR) is 57.0 cm³/mol. The average molecular weight is 260 g/mol. The van der Waals surface area contributed by atoms with E-state index in [1.54, 1.807) is 4.68 Å². The van der Waals surface area contributed by atoms with Crippen LogP contribution >= 0.6 is 15.9 Å². The predicted octanol–water partition coefficient (Wildman–Crippen LogP) is 0.450. The van der Waals surface area contributed by atoms with Crippen molar-refractivity contribution in [2.24, 2.45) is 7.05 Å². The molecule has 2 heterocycles. The third kappa shape index (κ3) is 1.99. The van der Waals surface area contributed by atoms with E-state index >= 15 is 0 Å². The Kier molecular flexibility index (Phi) is 2.64. The maximum atomic E-state index is 10.2. The summed E-state index contributed by atoms with van der Waals surface area (Å²) >= 11 is 3.32. The fourth-order valence-electron chi connectivity index (χ4n) is 1.85. The van der Waals surface area contributed by atoms with Crippen LogP contribution in [-0.4, -0.2) is 33.6 Å². The Balaban J connectivity index is 2.13. The van der Waals surface area contributed by atoms with Crippen LogP contribution in [0.3, 0.4) is 0 Å². The highest BCUT2D eigenvalue weighted by Gasteiger charge is 2.32. The van der Waals surface area contributed by atoms with Crippen LogP contribution < -0.4 is 5.32 Å². The summed E-state index contributed by atoms with van der Waals surface area (Å²) in [5.41, 5.74) is 0.468. The molecule has 1 aromatic heterocycles. The van der Waals surface area contributed by atoms with Crippen LogP contribution in [0, 0.1) is 0 Å². The van der Waals surface area contributed by atoms with Crippen LogP contribution in [0.25, 0.3) is 0 Å². The van der Waals surface area contributed by atoms with Gasteiger partial charge in [0.2, 0.25) is 0 Å². The summed E-state index contributed by atoms with van der Waals surface area (Å²) in [6, 6.07) is 1.95. The topological polar surface area (TPSA) is 50.1 Å². The summed E-state index contributed by atoms with van der Waals surface area (Å²) in [5, 5.41) is 17.5. The van der Waals surface area contributed by atoms with Gasteiger partial charge in [0.25, 0.3) is 0 Å². The molecule has 0 saturated carbocycles. The van der Waals surface area contributed by atoms with Crippen molar-refractivity contribution in [3.05, 3.63) is 16.4 Å². The first-order valence-electron chi connectivity index (χ1n) is 4.71. The minimum Gasteiger partial charge on any atom is -0.388 e. The van der Waals surface area contributed by atoms with Crippen molar-refractivity contribution in [3.63, 3.8) is 0 Å². The lowest BCUT2D eigenvalue weighted by atomic mass is 9.97. The van der Waals surface area contributed by atoms with Crippen molar-refractivity contribution in [1.82, 2.24) is 15.1 Å². The zero-order chi connectivity index (χ0) is 10.2. The number of aliphatic hydroxyl groups is 1. The van der Waals surface area contributed by atoms with E-state index in [-0.39, 0.29) is 0 Å². The Bertz CT molecular complexity index is 331. The van der Waals surface area contributed by atoms with Crippen molar-refractivity contribution in [1.29, 1.82) is 0 Å². The lowest BCUT2D eigenvalue weighted by Gasteiger charge is -2.20. The Morgan fingerprint density at radius 3 is 3.07 bits per heavy atom. The largest absolute Gasteiger partial charge is 0.388 e. The second-order valence-corrected chi connectivity index (χ2v) is 4.72. The number of hydrogen-bond donors (Lipinski definition) is 2. The highest BCUT2D eigenvalue weighted by Crippen LogP contribution is 2.21. The summed E-state index contributed by atoms with van der Waals surface area (Å²) in [7, 11) is 1.89. The molecule has 1 aliphatic heterocycles. The van der Waals surface area contributed by atoms with E-state index in [1.165, 1.54) is 0 Å². The molecule has 0 aromatic carbocycles. The molecule has 1 saturated heterocycles. The number of rotatable bonds is 2. The molecular formula is C9H14BrN3O. The van der Waals surface area contributed by atoms with Crippen LogP contribution in [0.1, 0.15) is 12.1 Å². The molecular weight excluding hydrogens is 246 g/mol. The van der Waals surface area contributed by atoms with Crippen molar-refractivity contribution < 1.29 is 5.11 Å². The van der Waals surface area contributed by atoms with Crippen molar-refractivity contribution >= 4 is 15.9 Å². The third-order valence-corrected chi connectivity index (χ3v) is 3.07. The van der Waals surface area contributed by atoms with Crippen LogP contribution in [0.15, 0.2) is 10.7 Å². The molecule has 0 bridgehead atoms. The molecule has 5 heteroatoms. The lowest BCUT2D eigenvalue weighted by molar-refractivity contribution is 0.0599. The first-order valence-corrected chi connectivity index (χ1v) is 5.50. The molecule has 1 aromatic rings. The third-order valence-electron chi connectivity index (χ3n) is 2.68. The van der Waals surface area contributed by atoms with Gasteiger partial charge in [-0.15, -0.1) is 0 Å². The van der Waals surface area contributed by atoms with E-state index in [2.05, 4.69) is 26.3 Å². The monoisotopic (exact) mass is 259 g/mol. The normalized spacial score (nSPS) is 27.1. The maximum absolute atomic E-state index is 10.2. The number of hydrogen-bond acceptors (Lipinski definition) is 3. The Labute approximate surface area is 91.4 Å². The molecule has 14 heavy (non-hydrogen) atoms. The quantitative estimate of drug-likeness (QED) is 0.811. The van der Waals surface area contributed by atoms with E-state index in [9.17, 15) is 5.11 Å². The zero-order valence-corrected chi connectivity index (χ0v) is 9.71. The molecule has 0 aliphatic carbocycles. The van der Waals surface area contributed by atoms with Gasteiger partial charge in [0.15, 0.2) is 0 Å². The maximum Gasteiger partial charge on any atom is 0.128 e. The van der Waals surface area contributed by atoms with Gasteiger partial charge in [-0.25, -0.2) is 0 Å². The second kappa shape index (κ2) is 3.64. The van der Waals surface area contributed by atoms with E-state index < -0.39 is 5.60 Å². The minimum atomic E-state index is -0.590. The van der Waals surface area contributed by atoms with Gasteiger partial charge in [-0.05, 0) is 35.0 Å². The summed E-state index contributed by atoms with van der Waals surface area (Å²) in [4.78, 5) is 0. The second-order valence-electron chi connectivity index (χ2n) is 3.91. The molecule has 1 aliphatic rings. The molecule has 1 unspecified atom stereocenters. The first kappa shape index (κ1) is 10.1. The SMILES string of the molecule is Cn1nc(Br)cc1CC1(O)CCNC1. The number of β-amino-alcohol motifs (C(OH)–C–C–N with tert-alkyl or cyclic N) is 1. The average Bonchev–Trinajstić information content (AvgIpc) is 2.61. The van der Waals surface area contributed by atoms with Gasteiger partial charge >= 0.3 is 0 Å². The van der Waals surface area contributed by atoms with Crippen molar-refractivity contribution in [3.8, 4) is 0 Å². The lowest BCUT2D eigenvalue weighted by Crippen LogP contribution is -2.34. The van der Waals surface area contributed by atoms with E-state index in [0.717, 1.165) is 23.3 Å². The summed E-state index contributed by atoms with van der Waals surface area (Å²) in [5.74, 6) is 0. The molecule has 1 atom stereocenters. The molecule has 1 fully saturated rings. The van der Waals surface area contributed by atoms with Gasteiger partial charge in [-0.3, -0.25) is 4.68 Å². The molecule has 0 amide bonds. The van der Waals surface area contributed by atoms with Crippen LogP contribution in [0.2, 0.25) is 0 Å². The smallest absolute Gasteiger partial charge is 0.128 e. The fourth-order valence-corrected chi connectivity index (χ4v) is 2.35. The van der Waals surface area contributed by atoms with Gasteiger partial charge in [-0.2, -0.15) is 5.10 Å². The Morgan fingerprint density at radius 2 is 2.57 bits per heavy atom. The van der Waals surface area contributed by atoms with E-state index in [4.69, 9.17) is 0 Å². The van der Waals surface area contributed by atoms with Gasteiger partial charge in [0.05, 0.1) is 5.60 Å². The van der Waals surface area contributed by atoms with Crippen LogP contribution in [-0.2, 0) is 13.5 Å². The van der Waals surface area contributed by atoms with Gasteiger partial charge in [-0.1, -0.05) is 0 Å². The highest BCUT2D eigenvalue weighted by molar-refractivity contribution is 9.10. The number of nitrogens with one attached hydrogen (secondary N) is 1. The van der Waals surface area contributed by atoms with E-state index in [1.807, 2.05) is 13.1 Å². The van der Waals surface area contributed by atoms with Crippen molar-refractivity contribution in [2.75, 3.05) is 13.1 Å². The van der Waals surface area contributed by atoms with Gasteiger partial charge in [0, 0.05) is 25.7 Å². The molecule has 4 nitrogen and oxygen atoms in total. The molecule has 2 rings (SSSR count). The first-order chi connectivity index (χ1) is 6.59. The standard InChI is InChI=1S/C9H14BrN3O/c1-13-7(4-8(10)12-13)5-9(14)2-3-11-6-9/h4,11,14H,2-3,5-6H2,1H3. The van der Waals surface area contributed by atoms with Gasteiger partial charge < -0.3 is 10.4 Å². The number of nitrogens with zero attached hydrogens (tertiary/aromatic N) is 2. The fraction of sp³-hybridized carbons (Fsp3) is 0.667. The van der Waals surface area contributed by atoms with Crippen molar-refractivity contribution in [2.45, 2.75) is 18.4 Å². The Morgan fingerprint density at radius 1 is 1.79 bits per heavy atom.